The highest BCUT2D eigenvalue weighted by Crippen LogP contribution is 2.30. The molecule has 0 aliphatic heterocycles. The number of hydrogen-bond acceptors (Lipinski definition) is 2. The highest BCUT2D eigenvalue weighted by molar-refractivity contribution is 5.39. The lowest BCUT2D eigenvalue weighted by atomic mass is 10.1. The molecule has 0 aliphatic rings. The van der Waals surface area contributed by atoms with E-state index in [1.165, 1.54) is 0 Å². The molecule has 0 radical (unpaired) electrons. The first-order valence-corrected chi connectivity index (χ1v) is 5.55. The van der Waals surface area contributed by atoms with Gasteiger partial charge in [0.05, 0.1) is 0 Å². The van der Waals surface area contributed by atoms with Crippen molar-refractivity contribution in [1.82, 2.24) is 0 Å². The van der Waals surface area contributed by atoms with Crippen LogP contribution in [-0.4, -0.2) is 0 Å². The summed E-state index contributed by atoms with van der Waals surface area (Å²) in [6.45, 7) is 1.80. The highest BCUT2D eigenvalue weighted by atomic mass is 19.1. The van der Waals surface area contributed by atoms with Gasteiger partial charge in [-0.15, -0.1) is 0 Å². The molecule has 0 saturated heterocycles. The van der Waals surface area contributed by atoms with Crippen LogP contribution in [0, 0.1) is 11.6 Å². The van der Waals surface area contributed by atoms with Crippen LogP contribution in [0.2, 0.25) is 0 Å². The van der Waals surface area contributed by atoms with Crippen LogP contribution < -0.4 is 10.5 Å². The molecule has 2 aromatic carbocycles. The topological polar surface area (TPSA) is 35.2 Å². The number of hydrogen-bond donors (Lipinski definition) is 1. The minimum absolute atomic E-state index is 0.150. The molecule has 18 heavy (non-hydrogen) atoms. The van der Waals surface area contributed by atoms with E-state index in [0.717, 1.165) is 23.8 Å². The van der Waals surface area contributed by atoms with Crippen LogP contribution in [0.1, 0.15) is 18.5 Å². The second-order valence-corrected chi connectivity index (χ2v) is 4.00. The summed E-state index contributed by atoms with van der Waals surface area (Å²) in [7, 11) is 0. The zero-order valence-electron chi connectivity index (χ0n) is 9.86. The van der Waals surface area contributed by atoms with Gasteiger partial charge in [-0.2, -0.15) is 0 Å². The van der Waals surface area contributed by atoms with Crippen molar-refractivity contribution in [1.29, 1.82) is 0 Å². The maximum Gasteiger partial charge on any atom is 0.165 e. The van der Waals surface area contributed by atoms with Crippen molar-refractivity contribution in [2.75, 3.05) is 0 Å². The van der Waals surface area contributed by atoms with E-state index in [1.807, 2.05) is 6.07 Å². The third-order valence-electron chi connectivity index (χ3n) is 2.52. The van der Waals surface area contributed by atoms with Crippen LogP contribution in [0.15, 0.2) is 42.5 Å². The van der Waals surface area contributed by atoms with E-state index in [4.69, 9.17) is 10.5 Å². The molecule has 0 bridgehead atoms. The molecule has 0 aromatic heterocycles. The smallest absolute Gasteiger partial charge is 0.165 e. The monoisotopic (exact) mass is 249 g/mol. The summed E-state index contributed by atoms with van der Waals surface area (Å²) in [6.07, 6.45) is 0. The average molecular weight is 249 g/mol. The molecule has 0 spiro atoms. The van der Waals surface area contributed by atoms with E-state index in [-0.39, 0.29) is 11.8 Å². The van der Waals surface area contributed by atoms with Crippen molar-refractivity contribution in [3.8, 4) is 11.5 Å². The average Bonchev–Trinajstić information content (AvgIpc) is 2.34. The number of benzene rings is 2. The normalized spacial score (nSPS) is 12.2. The second-order valence-electron chi connectivity index (χ2n) is 4.00. The van der Waals surface area contributed by atoms with Gasteiger partial charge in [0.15, 0.2) is 11.6 Å². The maximum atomic E-state index is 13.5. The van der Waals surface area contributed by atoms with E-state index >= 15 is 0 Å². The van der Waals surface area contributed by atoms with Gasteiger partial charge in [0.25, 0.3) is 0 Å². The summed E-state index contributed by atoms with van der Waals surface area (Å²) in [5.74, 6) is -0.888. The van der Waals surface area contributed by atoms with Crippen LogP contribution in [0.25, 0.3) is 0 Å². The van der Waals surface area contributed by atoms with Crippen molar-refractivity contribution in [3.05, 3.63) is 59.7 Å². The Morgan fingerprint density at radius 1 is 1.06 bits per heavy atom. The number of ether oxygens (including phenoxy) is 1. The van der Waals surface area contributed by atoms with Gasteiger partial charge in [0.1, 0.15) is 11.6 Å². The van der Waals surface area contributed by atoms with Gasteiger partial charge >= 0.3 is 0 Å². The summed E-state index contributed by atoms with van der Waals surface area (Å²) >= 11 is 0. The van der Waals surface area contributed by atoms with Gasteiger partial charge in [0.2, 0.25) is 0 Å². The largest absolute Gasteiger partial charge is 0.454 e. The Bertz CT molecular complexity index is 555. The number of rotatable bonds is 3. The molecule has 0 amide bonds. The molecule has 4 heteroatoms. The van der Waals surface area contributed by atoms with Crippen molar-refractivity contribution in [2.24, 2.45) is 5.73 Å². The van der Waals surface area contributed by atoms with E-state index < -0.39 is 11.6 Å². The maximum absolute atomic E-state index is 13.5. The molecular weight excluding hydrogens is 236 g/mol. The first-order chi connectivity index (χ1) is 8.58. The molecule has 0 heterocycles. The molecule has 1 atom stereocenters. The fourth-order valence-electron chi connectivity index (χ4n) is 1.62. The van der Waals surface area contributed by atoms with Crippen molar-refractivity contribution in [2.45, 2.75) is 13.0 Å². The van der Waals surface area contributed by atoms with Crippen molar-refractivity contribution >= 4 is 0 Å². The molecule has 0 fully saturated rings. The number of nitrogens with two attached hydrogens (primary N) is 1. The lowest BCUT2D eigenvalue weighted by Gasteiger charge is -2.13. The van der Waals surface area contributed by atoms with Crippen LogP contribution in [-0.2, 0) is 0 Å². The van der Waals surface area contributed by atoms with Gasteiger partial charge in [-0.1, -0.05) is 18.2 Å². The van der Waals surface area contributed by atoms with E-state index in [2.05, 4.69) is 0 Å². The Morgan fingerprint density at radius 2 is 1.78 bits per heavy atom. The van der Waals surface area contributed by atoms with Crippen LogP contribution in [0.5, 0.6) is 11.5 Å². The fourth-order valence-corrected chi connectivity index (χ4v) is 1.62. The Labute approximate surface area is 104 Å². The minimum Gasteiger partial charge on any atom is -0.454 e. The molecule has 2 rings (SSSR count). The zero-order chi connectivity index (χ0) is 13.1. The molecule has 0 unspecified atom stereocenters. The first kappa shape index (κ1) is 12.5. The van der Waals surface area contributed by atoms with Gasteiger partial charge < -0.3 is 10.5 Å². The minimum atomic E-state index is -0.615. The van der Waals surface area contributed by atoms with Crippen molar-refractivity contribution in [3.63, 3.8) is 0 Å². The Hall–Kier alpha value is -1.94. The Morgan fingerprint density at radius 3 is 2.50 bits per heavy atom. The molecule has 2 N–H and O–H groups in total. The summed E-state index contributed by atoms with van der Waals surface area (Å²) < 4.78 is 31.9. The van der Waals surface area contributed by atoms with Gasteiger partial charge in [0, 0.05) is 17.7 Å². The molecular formula is C14H13F2NO. The number of halogens is 2. The summed E-state index contributed by atoms with van der Waals surface area (Å²) in [5, 5.41) is 0. The van der Waals surface area contributed by atoms with Crippen LogP contribution >= 0.6 is 0 Å². The molecule has 94 valence electrons. The Kier molecular flexibility index (Phi) is 3.58. The third-order valence-corrected chi connectivity index (χ3v) is 2.52. The van der Waals surface area contributed by atoms with Crippen molar-refractivity contribution < 1.29 is 13.5 Å². The summed E-state index contributed by atoms with van der Waals surface area (Å²) in [5.41, 5.74) is 6.53. The highest BCUT2D eigenvalue weighted by Gasteiger charge is 2.11. The lowest BCUT2D eigenvalue weighted by Crippen LogP contribution is -2.06. The lowest BCUT2D eigenvalue weighted by molar-refractivity contribution is 0.430. The SMILES string of the molecule is C[C@@H](N)c1ccccc1Oc1cc(F)ccc1F. The fraction of sp³-hybridized carbons (Fsp3) is 0.143. The predicted molar refractivity (Wildman–Crippen MR) is 65.5 cm³/mol. The molecule has 2 aromatic rings. The van der Waals surface area contributed by atoms with Gasteiger partial charge in [-0.25, -0.2) is 8.78 Å². The van der Waals surface area contributed by atoms with Crippen LogP contribution in [0.4, 0.5) is 8.78 Å². The summed E-state index contributed by atoms with van der Waals surface area (Å²) in [6, 6.07) is 9.84. The van der Waals surface area contributed by atoms with Gasteiger partial charge in [-0.3, -0.25) is 0 Å². The molecule has 0 saturated carbocycles. The van der Waals surface area contributed by atoms with E-state index in [1.54, 1.807) is 25.1 Å². The predicted octanol–water partition coefficient (Wildman–Crippen LogP) is 3.78. The standard InChI is InChI=1S/C14H13F2NO/c1-9(17)11-4-2-3-5-13(11)18-14-8-10(15)6-7-12(14)16/h2-9H,17H2,1H3/t9-/m1/s1. The second kappa shape index (κ2) is 5.14. The Balaban J connectivity index is 2.37. The molecule has 0 aliphatic carbocycles. The summed E-state index contributed by atoms with van der Waals surface area (Å²) in [4.78, 5) is 0. The third kappa shape index (κ3) is 2.65. The van der Waals surface area contributed by atoms with Gasteiger partial charge in [-0.05, 0) is 25.1 Å². The zero-order valence-corrected chi connectivity index (χ0v) is 9.86. The quantitative estimate of drug-likeness (QED) is 0.898. The van der Waals surface area contributed by atoms with E-state index in [9.17, 15) is 8.78 Å². The van der Waals surface area contributed by atoms with E-state index in [0.29, 0.717) is 5.75 Å². The van der Waals surface area contributed by atoms with Crippen LogP contribution in [0.3, 0.4) is 0 Å². The first-order valence-electron chi connectivity index (χ1n) is 5.55. The molecule has 2 nitrogen and oxygen atoms in total. The number of para-hydroxylation sites is 1.